The van der Waals surface area contributed by atoms with Crippen LogP contribution in [0.5, 0.6) is 0 Å². The maximum atomic E-state index is 6.57. The van der Waals surface area contributed by atoms with Crippen molar-refractivity contribution in [3.63, 3.8) is 0 Å². The Hall–Kier alpha value is -7.69. The summed E-state index contributed by atoms with van der Waals surface area (Å²) in [6.45, 7) is 0. The molecule has 0 saturated heterocycles. The molecule has 0 saturated carbocycles. The van der Waals surface area contributed by atoms with E-state index in [4.69, 9.17) is 9.40 Å². The molecule has 12 aromatic rings. The van der Waals surface area contributed by atoms with Gasteiger partial charge in [-0.25, -0.2) is 4.98 Å². The molecule has 4 nitrogen and oxygen atoms in total. The first-order chi connectivity index (χ1) is 28.3. The van der Waals surface area contributed by atoms with Crippen molar-refractivity contribution in [1.82, 2.24) is 14.1 Å². The maximum absolute atomic E-state index is 6.57. The number of fused-ring (bicyclic) bond motifs is 10. The maximum Gasteiger partial charge on any atom is 0.145 e. The molecule has 0 spiro atoms. The molecule has 0 unspecified atom stereocenters. The zero-order valence-electron chi connectivity index (χ0n) is 30.8. The van der Waals surface area contributed by atoms with Crippen molar-refractivity contribution in [1.29, 1.82) is 0 Å². The van der Waals surface area contributed by atoms with Crippen molar-refractivity contribution < 1.29 is 4.42 Å². The number of hydrogen-bond acceptors (Lipinski definition) is 2. The molecule has 0 amide bonds. The standard InChI is InChI=1S/C53H33N3O/c1-3-14-34(15-4-1)45-32-39(33-46(54-45)35-16-5-2-6-17-35)56-47-23-10-7-20-40(47)44-31-37(26-28-49(44)56)36-18-13-19-38(30-36)55-48-24-11-8-22-43(48)52-50(55)29-27-42-41-21-9-12-25-51(41)57-53(42)52/h1-33H. The molecule has 0 atom stereocenters. The van der Waals surface area contributed by atoms with Gasteiger partial charge in [0.15, 0.2) is 0 Å². The SMILES string of the molecule is c1ccc(-c2cc(-n3c4ccccc4c4cc(-c5cccc(-n6c7ccccc7c7c8oc9ccccc9c8ccc76)c5)ccc43)cc(-c3ccccc3)n2)cc1. The summed E-state index contributed by atoms with van der Waals surface area (Å²) in [5, 5.41) is 7.02. The number of rotatable bonds is 5. The van der Waals surface area contributed by atoms with Gasteiger partial charge in [0.05, 0.1) is 44.5 Å². The van der Waals surface area contributed by atoms with E-state index in [0.717, 1.165) is 94.4 Å². The summed E-state index contributed by atoms with van der Waals surface area (Å²) in [6, 6.07) is 71.3. The normalized spacial score (nSPS) is 11.9. The lowest BCUT2D eigenvalue weighted by Crippen LogP contribution is -1.98. The van der Waals surface area contributed by atoms with Crippen LogP contribution in [-0.2, 0) is 0 Å². The molecule has 0 aliphatic heterocycles. The van der Waals surface area contributed by atoms with Crippen molar-refractivity contribution in [3.8, 4) is 45.0 Å². The average molecular weight is 728 g/mol. The summed E-state index contributed by atoms with van der Waals surface area (Å²) in [5.74, 6) is 0. The smallest absolute Gasteiger partial charge is 0.145 e. The van der Waals surface area contributed by atoms with Crippen LogP contribution >= 0.6 is 0 Å². The van der Waals surface area contributed by atoms with Gasteiger partial charge in [-0.05, 0) is 77.9 Å². The molecule has 266 valence electrons. The molecule has 0 bridgehead atoms. The highest BCUT2D eigenvalue weighted by Crippen LogP contribution is 2.42. The van der Waals surface area contributed by atoms with E-state index in [9.17, 15) is 0 Å². The highest BCUT2D eigenvalue weighted by Gasteiger charge is 2.20. The van der Waals surface area contributed by atoms with Crippen molar-refractivity contribution in [3.05, 3.63) is 200 Å². The first kappa shape index (κ1) is 31.6. The van der Waals surface area contributed by atoms with E-state index in [2.05, 4.69) is 191 Å². The minimum atomic E-state index is 0.910. The molecule has 4 aromatic heterocycles. The first-order valence-electron chi connectivity index (χ1n) is 19.4. The highest BCUT2D eigenvalue weighted by molar-refractivity contribution is 6.24. The van der Waals surface area contributed by atoms with Gasteiger partial charge in [-0.1, -0.05) is 133 Å². The van der Waals surface area contributed by atoms with Crippen LogP contribution in [0.4, 0.5) is 0 Å². The molecule has 4 heteroatoms. The van der Waals surface area contributed by atoms with E-state index in [1.54, 1.807) is 0 Å². The van der Waals surface area contributed by atoms with Crippen LogP contribution in [0.3, 0.4) is 0 Å². The molecule has 0 aliphatic rings. The lowest BCUT2D eigenvalue weighted by Gasteiger charge is -2.13. The Labute approximate surface area is 328 Å². The third-order valence-electron chi connectivity index (χ3n) is 11.5. The lowest BCUT2D eigenvalue weighted by atomic mass is 10.0. The summed E-state index contributed by atoms with van der Waals surface area (Å²) in [5.41, 5.74) is 15.0. The Bertz CT molecular complexity index is 3460. The second-order valence-corrected chi connectivity index (χ2v) is 14.7. The third kappa shape index (κ3) is 4.91. The minimum absolute atomic E-state index is 0.910. The molecule has 12 rings (SSSR count). The van der Waals surface area contributed by atoms with Crippen LogP contribution in [0.15, 0.2) is 205 Å². The van der Waals surface area contributed by atoms with Gasteiger partial charge in [-0.3, -0.25) is 0 Å². The van der Waals surface area contributed by atoms with Crippen LogP contribution in [0, 0.1) is 0 Å². The third-order valence-corrected chi connectivity index (χ3v) is 11.5. The largest absolute Gasteiger partial charge is 0.455 e. The summed E-state index contributed by atoms with van der Waals surface area (Å²) >= 11 is 0. The van der Waals surface area contributed by atoms with Crippen molar-refractivity contribution >= 4 is 65.6 Å². The zero-order valence-corrected chi connectivity index (χ0v) is 30.8. The van der Waals surface area contributed by atoms with E-state index in [1.165, 1.54) is 16.2 Å². The predicted molar refractivity (Wildman–Crippen MR) is 237 cm³/mol. The molecule has 0 radical (unpaired) electrons. The molecule has 0 N–H and O–H groups in total. The number of aromatic nitrogens is 3. The number of para-hydroxylation sites is 3. The first-order valence-corrected chi connectivity index (χ1v) is 19.4. The second-order valence-electron chi connectivity index (χ2n) is 14.7. The van der Waals surface area contributed by atoms with Gasteiger partial charge < -0.3 is 13.6 Å². The predicted octanol–water partition coefficient (Wildman–Crippen LogP) is 14.2. The monoisotopic (exact) mass is 727 g/mol. The fourth-order valence-corrected chi connectivity index (χ4v) is 8.93. The Morgan fingerprint density at radius 1 is 0.333 bits per heavy atom. The highest BCUT2D eigenvalue weighted by atomic mass is 16.3. The topological polar surface area (TPSA) is 35.9 Å². The zero-order chi connectivity index (χ0) is 37.5. The number of nitrogens with zero attached hydrogens (tertiary/aromatic N) is 3. The van der Waals surface area contributed by atoms with E-state index < -0.39 is 0 Å². The summed E-state index contributed by atoms with van der Waals surface area (Å²) in [4.78, 5) is 5.17. The molecule has 8 aromatic carbocycles. The summed E-state index contributed by atoms with van der Waals surface area (Å²) in [7, 11) is 0. The molecule has 57 heavy (non-hydrogen) atoms. The quantitative estimate of drug-likeness (QED) is 0.177. The Balaban J connectivity index is 1.03. The minimum Gasteiger partial charge on any atom is -0.455 e. The van der Waals surface area contributed by atoms with Gasteiger partial charge in [0.2, 0.25) is 0 Å². The summed E-state index contributed by atoms with van der Waals surface area (Å²) in [6.07, 6.45) is 0. The molecular formula is C53H33N3O. The van der Waals surface area contributed by atoms with E-state index in [0.29, 0.717) is 0 Å². The van der Waals surface area contributed by atoms with E-state index in [1.807, 2.05) is 18.2 Å². The van der Waals surface area contributed by atoms with Crippen LogP contribution < -0.4 is 0 Å². The number of benzene rings is 8. The van der Waals surface area contributed by atoms with E-state index >= 15 is 0 Å². The van der Waals surface area contributed by atoms with Gasteiger partial charge in [0, 0.05) is 43.7 Å². The van der Waals surface area contributed by atoms with Gasteiger partial charge in [0.25, 0.3) is 0 Å². The van der Waals surface area contributed by atoms with E-state index in [-0.39, 0.29) is 0 Å². The Kier molecular flexibility index (Phi) is 6.89. The van der Waals surface area contributed by atoms with Crippen LogP contribution in [0.1, 0.15) is 0 Å². The fraction of sp³-hybridized carbons (Fsp3) is 0. The van der Waals surface area contributed by atoms with Gasteiger partial charge in [-0.15, -0.1) is 0 Å². The number of hydrogen-bond donors (Lipinski definition) is 0. The fourth-order valence-electron chi connectivity index (χ4n) is 8.93. The second kappa shape index (κ2) is 12.4. The van der Waals surface area contributed by atoms with Crippen molar-refractivity contribution in [2.24, 2.45) is 0 Å². The Morgan fingerprint density at radius 2 is 0.895 bits per heavy atom. The molecule has 0 fully saturated rings. The molecule has 4 heterocycles. The number of furan rings is 1. The van der Waals surface area contributed by atoms with Gasteiger partial charge in [-0.2, -0.15) is 0 Å². The summed E-state index contributed by atoms with van der Waals surface area (Å²) < 4.78 is 11.3. The van der Waals surface area contributed by atoms with Crippen LogP contribution in [0.2, 0.25) is 0 Å². The van der Waals surface area contributed by atoms with Crippen LogP contribution in [0.25, 0.3) is 111 Å². The Morgan fingerprint density at radius 3 is 1.65 bits per heavy atom. The molecule has 0 aliphatic carbocycles. The lowest BCUT2D eigenvalue weighted by molar-refractivity contribution is 0.673. The number of pyridine rings is 1. The van der Waals surface area contributed by atoms with Crippen molar-refractivity contribution in [2.75, 3.05) is 0 Å². The molecular weight excluding hydrogens is 695 g/mol. The van der Waals surface area contributed by atoms with Gasteiger partial charge >= 0.3 is 0 Å². The average Bonchev–Trinajstić information content (AvgIpc) is 3.94. The van der Waals surface area contributed by atoms with Gasteiger partial charge in [0.1, 0.15) is 11.2 Å². The van der Waals surface area contributed by atoms with Crippen molar-refractivity contribution in [2.45, 2.75) is 0 Å². The van der Waals surface area contributed by atoms with Crippen LogP contribution in [-0.4, -0.2) is 14.1 Å².